The highest BCUT2D eigenvalue weighted by atomic mass is 16.2. The lowest BCUT2D eigenvalue weighted by atomic mass is 10.0. The average Bonchev–Trinajstić information content (AvgIpc) is 2.23. The molecule has 1 aliphatic heterocycles. The van der Waals surface area contributed by atoms with Crippen LogP contribution in [0.4, 0.5) is 5.69 Å². The SMILES string of the molecule is CN1C=C/C(=C\N=O)c2ccccc21. The van der Waals surface area contributed by atoms with Gasteiger partial charge in [0.05, 0.1) is 6.20 Å². The zero-order chi connectivity index (χ0) is 9.97. The number of allylic oxidation sites excluding steroid dienone is 2. The number of anilines is 1. The van der Waals surface area contributed by atoms with Crippen molar-refractivity contribution in [2.75, 3.05) is 11.9 Å². The number of nitroso groups, excluding NO2 is 1. The second-order valence-electron chi connectivity index (χ2n) is 3.13. The number of rotatable bonds is 1. The van der Waals surface area contributed by atoms with Crippen LogP contribution < -0.4 is 4.90 Å². The van der Waals surface area contributed by atoms with Crippen LogP contribution in [0.5, 0.6) is 0 Å². The number of fused-ring (bicyclic) bond motifs is 1. The van der Waals surface area contributed by atoms with E-state index in [1.54, 1.807) is 0 Å². The van der Waals surface area contributed by atoms with Gasteiger partial charge >= 0.3 is 0 Å². The molecule has 2 rings (SSSR count). The van der Waals surface area contributed by atoms with Crippen LogP contribution in [0.15, 0.2) is 47.9 Å². The van der Waals surface area contributed by atoms with Crippen molar-refractivity contribution in [3.63, 3.8) is 0 Å². The molecule has 0 radical (unpaired) electrons. The van der Waals surface area contributed by atoms with E-state index in [0.29, 0.717) is 0 Å². The molecular weight excluding hydrogens is 176 g/mol. The Balaban J connectivity index is 2.58. The smallest absolute Gasteiger partial charge is 0.0794 e. The highest BCUT2D eigenvalue weighted by molar-refractivity contribution is 5.85. The standard InChI is InChI=1S/C11H10N2O/c1-13-7-6-9(8-12-14)10-4-2-3-5-11(10)13/h2-8H,1H3/b9-8+. The van der Waals surface area contributed by atoms with E-state index in [1.807, 2.05) is 48.5 Å². The maximum absolute atomic E-state index is 10.2. The van der Waals surface area contributed by atoms with Crippen LogP contribution in [0.25, 0.3) is 5.57 Å². The maximum Gasteiger partial charge on any atom is 0.0794 e. The summed E-state index contributed by atoms with van der Waals surface area (Å²) >= 11 is 0. The van der Waals surface area contributed by atoms with Crippen molar-refractivity contribution in [2.45, 2.75) is 0 Å². The second-order valence-corrected chi connectivity index (χ2v) is 3.13. The molecule has 1 aromatic carbocycles. The molecule has 1 heterocycles. The molecule has 0 spiro atoms. The van der Waals surface area contributed by atoms with Crippen LogP contribution >= 0.6 is 0 Å². The van der Waals surface area contributed by atoms with Gasteiger partial charge in [0.15, 0.2) is 0 Å². The Morgan fingerprint density at radius 3 is 2.93 bits per heavy atom. The monoisotopic (exact) mass is 186 g/mol. The lowest BCUT2D eigenvalue weighted by Crippen LogP contribution is -2.13. The lowest BCUT2D eigenvalue weighted by Gasteiger charge is -2.22. The highest BCUT2D eigenvalue weighted by Crippen LogP contribution is 2.31. The van der Waals surface area contributed by atoms with Gasteiger partial charge in [-0.1, -0.05) is 18.2 Å². The molecule has 0 bridgehead atoms. The third-order valence-corrected chi connectivity index (χ3v) is 2.26. The van der Waals surface area contributed by atoms with Crippen molar-refractivity contribution in [1.82, 2.24) is 0 Å². The Morgan fingerprint density at radius 2 is 2.14 bits per heavy atom. The Bertz CT molecular complexity index is 421. The van der Waals surface area contributed by atoms with E-state index in [0.717, 1.165) is 16.8 Å². The van der Waals surface area contributed by atoms with E-state index >= 15 is 0 Å². The molecular formula is C11H10N2O. The summed E-state index contributed by atoms with van der Waals surface area (Å²) in [7, 11) is 1.97. The van der Waals surface area contributed by atoms with Crippen molar-refractivity contribution < 1.29 is 0 Å². The van der Waals surface area contributed by atoms with E-state index in [4.69, 9.17) is 0 Å². The minimum atomic E-state index is 0.855. The molecule has 0 unspecified atom stereocenters. The van der Waals surface area contributed by atoms with Crippen molar-refractivity contribution in [1.29, 1.82) is 0 Å². The number of para-hydroxylation sites is 1. The van der Waals surface area contributed by atoms with Crippen LogP contribution in [-0.4, -0.2) is 7.05 Å². The van der Waals surface area contributed by atoms with Crippen molar-refractivity contribution >= 4 is 11.3 Å². The number of nitrogens with zero attached hydrogens (tertiary/aromatic N) is 2. The fraction of sp³-hybridized carbons (Fsp3) is 0.0909. The van der Waals surface area contributed by atoms with Crippen LogP contribution in [0, 0.1) is 4.91 Å². The topological polar surface area (TPSA) is 32.7 Å². The van der Waals surface area contributed by atoms with E-state index in [2.05, 4.69) is 5.18 Å². The molecule has 1 aliphatic rings. The first-order chi connectivity index (χ1) is 6.83. The van der Waals surface area contributed by atoms with Crippen LogP contribution in [-0.2, 0) is 0 Å². The molecule has 0 fully saturated rings. The molecule has 0 atom stereocenters. The first-order valence-electron chi connectivity index (χ1n) is 4.36. The van der Waals surface area contributed by atoms with Crippen molar-refractivity contribution in [3.05, 3.63) is 53.2 Å². The molecule has 3 heteroatoms. The summed E-state index contributed by atoms with van der Waals surface area (Å²) in [5.41, 5.74) is 2.98. The van der Waals surface area contributed by atoms with Crippen LogP contribution in [0.2, 0.25) is 0 Å². The van der Waals surface area contributed by atoms with Gasteiger partial charge in [0.1, 0.15) is 0 Å². The molecule has 0 saturated carbocycles. The predicted octanol–water partition coefficient (Wildman–Crippen LogP) is 2.76. The normalized spacial score (nSPS) is 16.9. The molecule has 3 nitrogen and oxygen atoms in total. The molecule has 0 saturated heterocycles. The van der Waals surface area contributed by atoms with Gasteiger partial charge in [0, 0.05) is 30.1 Å². The molecule has 0 aliphatic carbocycles. The van der Waals surface area contributed by atoms with Crippen LogP contribution in [0.3, 0.4) is 0 Å². The van der Waals surface area contributed by atoms with Gasteiger partial charge in [-0.05, 0) is 17.3 Å². The van der Waals surface area contributed by atoms with Gasteiger partial charge in [0.25, 0.3) is 0 Å². The fourth-order valence-electron chi connectivity index (χ4n) is 1.56. The molecule has 1 aromatic rings. The van der Waals surface area contributed by atoms with Gasteiger partial charge in [0.2, 0.25) is 0 Å². The van der Waals surface area contributed by atoms with E-state index < -0.39 is 0 Å². The first-order valence-corrected chi connectivity index (χ1v) is 4.36. The van der Waals surface area contributed by atoms with E-state index in [9.17, 15) is 4.91 Å². The number of hydrogen-bond donors (Lipinski definition) is 0. The molecule has 70 valence electrons. The number of benzene rings is 1. The fourth-order valence-corrected chi connectivity index (χ4v) is 1.56. The zero-order valence-electron chi connectivity index (χ0n) is 7.84. The Labute approximate surface area is 82.3 Å². The maximum atomic E-state index is 10.2. The summed E-state index contributed by atoms with van der Waals surface area (Å²) in [6.45, 7) is 0. The molecule has 0 N–H and O–H groups in total. The summed E-state index contributed by atoms with van der Waals surface area (Å²) in [6.07, 6.45) is 5.13. The largest absolute Gasteiger partial charge is 0.351 e. The Hall–Kier alpha value is -1.90. The van der Waals surface area contributed by atoms with Crippen molar-refractivity contribution in [3.8, 4) is 0 Å². The average molecular weight is 186 g/mol. The summed E-state index contributed by atoms with van der Waals surface area (Å²) in [5.74, 6) is 0. The third kappa shape index (κ3) is 1.33. The minimum absolute atomic E-state index is 0.855. The minimum Gasteiger partial charge on any atom is -0.351 e. The van der Waals surface area contributed by atoms with Gasteiger partial charge in [-0.15, -0.1) is 4.91 Å². The Morgan fingerprint density at radius 1 is 1.36 bits per heavy atom. The van der Waals surface area contributed by atoms with E-state index in [1.165, 1.54) is 6.20 Å². The predicted molar refractivity (Wildman–Crippen MR) is 57.8 cm³/mol. The van der Waals surface area contributed by atoms with Gasteiger partial charge < -0.3 is 4.90 Å². The van der Waals surface area contributed by atoms with E-state index in [-0.39, 0.29) is 0 Å². The van der Waals surface area contributed by atoms with Gasteiger partial charge in [-0.3, -0.25) is 0 Å². The first kappa shape index (κ1) is 8.69. The number of hydrogen-bond acceptors (Lipinski definition) is 3. The molecule has 14 heavy (non-hydrogen) atoms. The summed E-state index contributed by atoms with van der Waals surface area (Å²) in [5, 5.41) is 2.80. The van der Waals surface area contributed by atoms with Crippen LogP contribution in [0.1, 0.15) is 5.56 Å². The second kappa shape index (κ2) is 3.46. The molecule has 0 amide bonds. The third-order valence-electron chi connectivity index (χ3n) is 2.26. The summed E-state index contributed by atoms with van der Waals surface area (Å²) in [6, 6.07) is 7.91. The molecule has 0 aromatic heterocycles. The van der Waals surface area contributed by atoms with Gasteiger partial charge in [-0.2, -0.15) is 0 Å². The zero-order valence-corrected chi connectivity index (χ0v) is 7.84. The summed E-state index contributed by atoms with van der Waals surface area (Å²) < 4.78 is 0. The van der Waals surface area contributed by atoms with Crippen molar-refractivity contribution in [2.24, 2.45) is 5.18 Å². The highest BCUT2D eigenvalue weighted by Gasteiger charge is 2.11. The summed E-state index contributed by atoms with van der Waals surface area (Å²) in [4.78, 5) is 12.2. The quantitative estimate of drug-likeness (QED) is 0.632. The lowest BCUT2D eigenvalue weighted by molar-refractivity contribution is 1.18. The van der Waals surface area contributed by atoms with Gasteiger partial charge in [-0.25, -0.2) is 0 Å². The Kier molecular flexibility index (Phi) is 2.14.